The molecule has 2 aromatic carbocycles. The fourth-order valence-corrected chi connectivity index (χ4v) is 3.81. The van der Waals surface area contributed by atoms with Gasteiger partial charge in [0.05, 0.1) is 24.4 Å². The number of carbonyl (C=O) groups is 1. The number of para-hydroxylation sites is 1. The summed E-state index contributed by atoms with van der Waals surface area (Å²) in [6, 6.07) is 13.1. The zero-order valence-corrected chi connectivity index (χ0v) is 16.4. The lowest BCUT2D eigenvalue weighted by Crippen LogP contribution is -2.19. The minimum Gasteiger partial charge on any atom is -0.493 e. The van der Waals surface area contributed by atoms with Crippen LogP contribution in [0.25, 0.3) is 10.2 Å². The van der Waals surface area contributed by atoms with Gasteiger partial charge in [0.25, 0.3) is 5.91 Å². The summed E-state index contributed by atoms with van der Waals surface area (Å²) in [4.78, 5) is 17.2. The summed E-state index contributed by atoms with van der Waals surface area (Å²) in [7, 11) is 3.21. The van der Waals surface area contributed by atoms with Crippen molar-refractivity contribution in [1.82, 2.24) is 4.57 Å². The number of aromatic nitrogens is 1. The molecule has 0 aliphatic rings. The van der Waals surface area contributed by atoms with Crippen molar-refractivity contribution in [3.8, 4) is 17.2 Å². The van der Waals surface area contributed by atoms with Crippen molar-refractivity contribution in [3.63, 3.8) is 0 Å². The lowest BCUT2D eigenvalue weighted by atomic mass is 10.3. The van der Waals surface area contributed by atoms with Crippen molar-refractivity contribution < 1.29 is 19.0 Å². The van der Waals surface area contributed by atoms with E-state index in [2.05, 4.69) is 11.9 Å². The zero-order valence-electron chi connectivity index (χ0n) is 15.6. The normalized spacial score (nSPS) is 11.6. The van der Waals surface area contributed by atoms with Gasteiger partial charge in [0.2, 0.25) is 0 Å². The van der Waals surface area contributed by atoms with Crippen LogP contribution >= 0.6 is 11.3 Å². The van der Waals surface area contributed by atoms with Gasteiger partial charge in [0.1, 0.15) is 5.75 Å². The van der Waals surface area contributed by atoms with Crippen molar-refractivity contribution in [2.45, 2.75) is 19.9 Å². The van der Waals surface area contributed by atoms with Gasteiger partial charge in [-0.3, -0.25) is 4.79 Å². The van der Waals surface area contributed by atoms with E-state index in [0.717, 1.165) is 23.2 Å². The molecular weight excluding hydrogens is 364 g/mol. The molecule has 3 rings (SSSR count). The monoisotopic (exact) mass is 386 g/mol. The summed E-state index contributed by atoms with van der Waals surface area (Å²) >= 11 is 1.45. The van der Waals surface area contributed by atoms with Crippen LogP contribution in [0.5, 0.6) is 17.2 Å². The largest absolute Gasteiger partial charge is 0.493 e. The van der Waals surface area contributed by atoms with Crippen LogP contribution in [-0.4, -0.2) is 31.3 Å². The van der Waals surface area contributed by atoms with Gasteiger partial charge in [-0.15, -0.1) is 0 Å². The van der Waals surface area contributed by atoms with Crippen molar-refractivity contribution in [1.29, 1.82) is 0 Å². The molecule has 0 saturated carbocycles. The number of ether oxygens (including phenoxy) is 3. The zero-order chi connectivity index (χ0) is 19.2. The Morgan fingerprint density at radius 1 is 1.11 bits per heavy atom. The highest BCUT2D eigenvalue weighted by atomic mass is 32.1. The Bertz CT molecular complexity index is 992. The number of fused-ring (bicyclic) bond motifs is 1. The first kappa shape index (κ1) is 19.0. The molecule has 0 atom stereocenters. The summed E-state index contributed by atoms with van der Waals surface area (Å²) < 4.78 is 19.3. The Kier molecular flexibility index (Phi) is 6.13. The molecule has 0 radical (unpaired) electrons. The highest BCUT2D eigenvalue weighted by Crippen LogP contribution is 2.33. The molecule has 0 fully saturated rings. The molecule has 0 unspecified atom stereocenters. The molecule has 142 valence electrons. The van der Waals surface area contributed by atoms with Crippen LogP contribution in [-0.2, 0) is 11.3 Å². The molecule has 7 heteroatoms. The number of amides is 1. The van der Waals surface area contributed by atoms with Crippen molar-refractivity contribution in [2.24, 2.45) is 4.99 Å². The Balaban J connectivity index is 1.95. The van der Waals surface area contributed by atoms with Gasteiger partial charge in [0, 0.05) is 18.7 Å². The third kappa shape index (κ3) is 4.31. The number of nitrogens with zero attached hydrogens (tertiary/aromatic N) is 2. The fourth-order valence-electron chi connectivity index (χ4n) is 2.72. The third-order valence-corrected chi connectivity index (χ3v) is 5.00. The molecule has 0 saturated heterocycles. The molecule has 27 heavy (non-hydrogen) atoms. The van der Waals surface area contributed by atoms with Gasteiger partial charge in [-0.05, 0) is 18.6 Å². The van der Waals surface area contributed by atoms with E-state index in [4.69, 9.17) is 14.2 Å². The van der Waals surface area contributed by atoms with Gasteiger partial charge < -0.3 is 18.8 Å². The number of rotatable bonds is 7. The summed E-state index contributed by atoms with van der Waals surface area (Å²) in [5.74, 6) is 1.63. The van der Waals surface area contributed by atoms with E-state index in [1.54, 1.807) is 14.2 Å². The molecule has 6 nitrogen and oxygen atoms in total. The smallest absolute Gasteiger partial charge is 0.286 e. The van der Waals surface area contributed by atoms with Crippen molar-refractivity contribution in [2.75, 3.05) is 20.8 Å². The maximum atomic E-state index is 12.3. The van der Waals surface area contributed by atoms with E-state index < -0.39 is 0 Å². The minimum absolute atomic E-state index is 0.100. The number of hydrogen-bond acceptors (Lipinski definition) is 5. The molecule has 1 aromatic heterocycles. The summed E-state index contributed by atoms with van der Waals surface area (Å²) in [5.41, 5.74) is 0.968. The van der Waals surface area contributed by atoms with E-state index in [9.17, 15) is 4.79 Å². The SMILES string of the molecule is CCCn1c(=NC(=O)COc2ccccc2)sc2cc(OC)c(OC)cc21. The Labute approximate surface area is 161 Å². The number of hydrogen-bond donors (Lipinski definition) is 0. The van der Waals surface area contributed by atoms with Gasteiger partial charge in [-0.2, -0.15) is 4.99 Å². The van der Waals surface area contributed by atoms with Gasteiger partial charge in [0.15, 0.2) is 22.9 Å². The second-order valence-corrected chi connectivity index (χ2v) is 6.83. The van der Waals surface area contributed by atoms with Crippen LogP contribution in [0.3, 0.4) is 0 Å². The fraction of sp³-hybridized carbons (Fsp3) is 0.300. The maximum Gasteiger partial charge on any atom is 0.286 e. The molecule has 0 spiro atoms. The number of aryl methyl sites for hydroxylation is 1. The molecule has 1 heterocycles. The van der Waals surface area contributed by atoms with E-state index in [1.807, 2.05) is 47.0 Å². The first-order valence-corrected chi connectivity index (χ1v) is 9.48. The van der Waals surface area contributed by atoms with E-state index in [1.165, 1.54) is 11.3 Å². The summed E-state index contributed by atoms with van der Waals surface area (Å²) in [5, 5.41) is 0. The van der Waals surface area contributed by atoms with E-state index in [0.29, 0.717) is 22.0 Å². The Morgan fingerprint density at radius 3 is 2.48 bits per heavy atom. The number of thiazole rings is 1. The van der Waals surface area contributed by atoms with Crippen LogP contribution in [0.2, 0.25) is 0 Å². The Morgan fingerprint density at radius 2 is 1.81 bits per heavy atom. The van der Waals surface area contributed by atoms with E-state index >= 15 is 0 Å². The first-order chi connectivity index (χ1) is 13.2. The molecule has 0 bridgehead atoms. The van der Waals surface area contributed by atoms with Crippen LogP contribution in [0, 0.1) is 0 Å². The highest BCUT2D eigenvalue weighted by Gasteiger charge is 2.13. The third-order valence-electron chi connectivity index (χ3n) is 3.96. The molecule has 1 amide bonds. The Hall–Kier alpha value is -2.80. The quantitative estimate of drug-likeness (QED) is 0.622. The second-order valence-electron chi connectivity index (χ2n) is 5.82. The number of methoxy groups -OCH3 is 2. The van der Waals surface area contributed by atoms with Crippen LogP contribution in [0.15, 0.2) is 47.5 Å². The van der Waals surface area contributed by atoms with Crippen molar-refractivity contribution in [3.05, 3.63) is 47.3 Å². The van der Waals surface area contributed by atoms with Gasteiger partial charge in [-0.25, -0.2) is 0 Å². The van der Waals surface area contributed by atoms with Crippen LogP contribution in [0.1, 0.15) is 13.3 Å². The van der Waals surface area contributed by atoms with Crippen LogP contribution < -0.4 is 19.0 Å². The standard InChI is InChI=1S/C20H22N2O4S/c1-4-10-22-15-11-16(24-2)17(25-3)12-18(15)27-20(22)21-19(23)13-26-14-8-6-5-7-9-14/h5-9,11-12H,4,10,13H2,1-3H3. The molecular formula is C20H22N2O4S. The summed E-state index contributed by atoms with van der Waals surface area (Å²) in [6.45, 7) is 2.74. The topological polar surface area (TPSA) is 62.1 Å². The lowest BCUT2D eigenvalue weighted by Gasteiger charge is -2.08. The summed E-state index contributed by atoms with van der Waals surface area (Å²) in [6.07, 6.45) is 0.919. The minimum atomic E-state index is -0.325. The average molecular weight is 386 g/mol. The molecule has 0 N–H and O–H groups in total. The van der Waals surface area contributed by atoms with Gasteiger partial charge >= 0.3 is 0 Å². The molecule has 0 aliphatic carbocycles. The predicted octanol–water partition coefficient (Wildman–Crippen LogP) is 3.64. The van der Waals surface area contributed by atoms with Crippen molar-refractivity contribution >= 4 is 27.5 Å². The number of carbonyl (C=O) groups excluding carboxylic acids is 1. The number of benzene rings is 2. The molecule has 0 aliphatic heterocycles. The highest BCUT2D eigenvalue weighted by molar-refractivity contribution is 7.16. The first-order valence-electron chi connectivity index (χ1n) is 8.67. The lowest BCUT2D eigenvalue weighted by molar-refractivity contribution is -0.120. The second kappa shape index (κ2) is 8.73. The van der Waals surface area contributed by atoms with Crippen LogP contribution in [0.4, 0.5) is 0 Å². The van der Waals surface area contributed by atoms with Gasteiger partial charge in [-0.1, -0.05) is 36.5 Å². The maximum absolute atomic E-state index is 12.3. The molecule has 3 aromatic rings. The predicted molar refractivity (Wildman–Crippen MR) is 106 cm³/mol. The average Bonchev–Trinajstić information content (AvgIpc) is 3.02. The van der Waals surface area contributed by atoms with E-state index in [-0.39, 0.29) is 12.5 Å².